The maximum Gasteiger partial charge on any atom is 0.363 e. The highest BCUT2D eigenvalue weighted by Gasteiger charge is 2.11. The first kappa shape index (κ1) is 17.9. The number of nitrogen functional groups attached to an aromatic ring is 1. The molecule has 1 aromatic carbocycles. The van der Waals surface area contributed by atoms with Crippen LogP contribution in [-0.2, 0) is 6.54 Å². The SMILES string of the molecule is Nc1n[nH]c(=O)nc1NCC=CCOc1cccc(CN2CCCC2)c1. The van der Waals surface area contributed by atoms with Gasteiger partial charge in [-0.3, -0.25) is 4.90 Å². The summed E-state index contributed by atoms with van der Waals surface area (Å²) >= 11 is 0. The van der Waals surface area contributed by atoms with Gasteiger partial charge in [0, 0.05) is 13.1 Å². The van der Waals surface area contributed by atoms with E-state index in [4.69, 9.17) is 10.5 Å². The predicted molar refractivity (Wildman–Crippen MR) is 101 cm³/mol. The van der Waals surface area contributed by atoms with E-state index >= 15 is 0 Å². The molecule has 0 spiro atoms. The molecule has 0 bridgehead atoms. The van der Waals surface area contributed by atoms with Crippen molar-refractivity contribution in [1.29, 1.82) is 0 Å². The Morgan fingerprint density at radius 2 is 2.15 bits per heavy atom. The summed E-state index contributed by atoms with van der Waals surface area (Å²) in [7, 11) is 0. The third-order valence-electron chi connectivity index (χ3n) is 4.13. The quantitative estimate of drug-likeness (QED) is 0.613. The summed E-state index contributed by atoms with van der Waals surface area (Å²) < 4.78 is 5.77. The minimum absolute atomic E-state index is 0.157. The van der Waals surface area contributed by atoms with Crippen molar-refractivity contribution in [1.82, 2.24) is 20.1 Å². The first-order valence-electron chi connectivity index (χ1n) is 8.76. The van der Waals surface area contributed by atoms with Crippen molar-refractivity contribution in [3.63, 3.8) is 0 Å². The highest BCUT2D eigenvalue weighted by molar-refractivity contribution is 5.54. The number of rotatable bonds is 8. The Balaban J connectivity index is 1.42. The minimum Gasteiger partial charge on any atom is -0.490 e. The van der Waals surface area contributed by atoms with Gasteiger partial charge >= 0.3 is 5.69 Å². The number of nitrogens with two attached hydrogens (primary N) is 1. The van der Waals surface area contributed by atoms with E-state index in [2.05, 4.69) is 37.5 Å². The number of anilines is 2. The number of aromatic nitrogens is 3. The lowest BCUT2D eigenvalue weighted by Crippen LogP contribution is -2.18. The fourth-order valence-corrected chi connectivity index (χ4v) is 2.86. The molecule has 8 nitrogen and oxygen atoms in total. The van der Waals surface area contributed by atoms with E-state index < -0.39 is 5.69 Å². The van der Waals surface area contributed by atoms with Gasteiger partial charge in [-0.1, -0.05) is 18.2 Å². The van der Waals surface area contributed by atoms with Crippen LogP contribution in [-0.4, -0.2) is 46.3 Å². The maximum absolute atomic E-state index is 11.1. The van der Waals surface area contributed by atoms with Crippen LogP contribution in [0.1, 0.15) is 18.4 Å². The molecule has 2 heterocycles. The van der Waals surface area contributed by atoms with E-state index in [-0.39, 0.29) is 11.6 Å². The highest BCUT2D eigenvalue weighted by Crippen LogP contribution is 2.17. The Labute approximate surface area is 152 Å². The van der Waals surface area contributed by atoms with E-state index in [9.17, 15) is 4.79 Å². The largest absolute Gasteiger partial charge is 0.490 e. The summed E-state index contributed by atoms with van der Waals surface area (Å²) in [5.41, 5.74) is 6.36. The minimum atomic E-state index is -0.539. The van der Waals surface area contributed by atoms with Crippen LogP contribution in [0.3, 0.4) is 0 Å². The van der Waals surface area contributed by atoms with Crippen LogP contribution in [0.5, 0.6) is 5.75 Å². The molecule has 138 valence electrons. The number of benzene rings is 1. The third-order valence-corrected chi connectivity index (χ3v) is 4.13. The van der Waals surface area contributed by atoms with Crippen molar-refractivity contribution in [3.05, 3.63) is 52.5 Å². The lowest BCUT2D eigenvalue weighted by Gasteiger charge is -2.15. The van der Waals surface area contributed by atoms with Gasteiger partial charge < -0.3 is 15.8 Å². The number of ether oxygens (including phenoxy) is 1. The fourth-order valence-electron chi connectivity index (χ4n) is 2.86. The van der Waals surface area contributed by atoms with Crippen LogP contribution in [0.2, 0.25) is 0 Å². The molecule has 0 aliphatic carbocycles. The smallest absolute Gasteiger partial charge is 0.363 e. The van der Waals surface area contributed by atoms with Crippen molar-refractivity contribution in [3.8, 4) is 5.75 Å². The van der Waals surface area contributed by atoms with Crippen molar-refractivity contribution in [2.75, 3.05) is 37.3 Å². The fraction of sp³-hybridized carbons (Fsp3) is 0.389. The molecule has 4 N–H and O–H groups in total. The van der Waals surface area contributed by atoms with Crippen LogP contribution in [0, 0.1) is 0 Å². The topological polar surface area (TPSA) is 109 Å². The van der Waals surface area contributed by atoms with Crippen molar-refractivity contribution in [2.24, 2.45) is 0 Å². The molecule has 0 atom stereocenters. The lowest BCUT2D eigenvalue weighted by molar-refractivity contribution is 0.328. The zero-order valence-corrected chi connectivity index (χ0v) is 14.6. The van der Waals surface area contributed by atoms with Crippen molar-refractivity contribution < 1.29 is 4.74 Å². The van der Waals surface area contributed by atoms with Gasteiger partial charge in [0.15, 0.2) is 11.6 Å². The summed E-state index contributed by atoms with van der Waals surface area (Å²) in [6, 6.07) is 8.22. The molecule has 1 aromatic heterocycles. The molecule has 3 rings (SSSR count). The average Bonchev–Trinajstić information content (AvgIpc) is 3.14. The van der Waals surface area contributed by atoms with Crippen LogP contribution >= 0.6 is 0 Å². The summed E-state index contributed by atoms with van der Waals surface area (Å²) in [6.45, 7) is 4.29. The number of hydrogen-bond donors (Lipinski definition) is 3. The average molecular weight is 356 g/mol. The van der Waals surface area contributed by atoms with E-state index in [1.165, 1.54) is 31.5 Å². The molecular formula is C18H24N6O2. The van der Waals surface area contributed by atoms with Gasteiger partial charge in [-0.2, -0.15) is 4.98 Å². The molecule has 8 heteroatoms. The second kappa shape index (κ2) is 9.00. The van der Waals surface area contributed by atoms with E-state index in [1.807, 2.05) is 24.3 Å². The second-order valence-corrected chi connectivity index (χ2v) is 6.17. The summed E-state index contributed by atoms with van der Waals surface area (Å²) in [5.74, 6) is 1.29. The molecule has 0 amide bonds. The highest BCUT2D eigenvalue weighted by atomic mass is 16.5. The molecule has 1 aliphatic heterocycles. The Morgan fingerprint density at radius 3 is 3.00 bits per heavy atom. The van der Waals surface area contributed by atoms with Gasteiger partial charge in [0.05, 0.1) is 0 Å². The Kier molecular flexibility index (Phi) is 6.21. The molecule has 26 heavy (non-hydrogen) atoms. The lowest BCUT2D eigenvalue weighted by atomic mass is 10.2. The van der Waals surface area contributed by atoms with E-state index in [1.54, 1.807) is 0 Å². The van der Waals surface area contributed by atoms with Crippen LogP contribution in [0.15, 0.2) is 41.2 Å². The number of H-pyrrole nitrogens is 1. The first-order chi connectivity index (χ1) is 12.7. The summed E-state index contributed by atoms with van der Waals surface area (Å²) in [5, 5.41) is 8.75. The van der Waals surface area contributed by atoms with Gasteiger partial charge in [-0.25, -0.2) is 9.89 Å². The molecule has 0 unspecified atom stereocenters. The van der Waals surface area contributed by atoms with Gasteiger partial charge in [0.1, 0.15) is 12.4 Å². The molecule has 0 radical (unpaired) electrons. The van der Waals surface area contributed by atoms with Gasteiger partial charge in [-0.15, -0.1) is 5.10 Å². The molecule has 0 saturated carbocycles. The summed E-state index contributed by atoms with van der Waals surface area (Å²) in [6.07, 6.45) is 6.38. The molecule has 1 saturated heterocycles. The van der Waals surface area contributed by atoms with Gasteiger partial charge in [-0.05, 0) is 49.7 Å². The van der Waals surface area contributed by atoms with Gasteiger partial charge in [0.25, 0.3) is 0 Å². The predicted octanol–water partition coefficient (Wildman–Crippen LogP) is 1.39. The third kappa shape index (κ3) is 5.32. The number of likely N-dealkylation sites (tertiary alicyclic amines) is 1. The zero-order valence-electron chi connectivity index (χ0n) is 14.6. The molecule has 1 fully saturated rings. The normalized spacial score (nSPS) is 14.8. The van der Waals surface area contributed by atoms with E-state index in [0.717, 1.165) is 12.3 Å². The Morgan fingerprint density at radius 1 is 1.31 bits per heavy atom. The second-order valence-electron chi connectivity index (χ2n) is 6.17. The first-order valence-corrected chi connectivity index (χ1v) is 8.76. The van der Waals surface area contributed by atoms with Crippen LogP contribution in [0.25, 0.3) is 0 Å². The van der Waals surface area contributed by atoms with Crippen molar-refractivity contribution in [2.45, 2.75) is 19.4 Å². The Bertz CT molecular complexity index is 798. The standard InChI is InChI=1S/C18H24N6O2/c19-16-17(21-18(25)23-22-16)20-8-1-4-11-26-15-7-5-6-14(12-15)13-24-9-2-3-10-24/h1,4-7,12H,2-3,8-11,13H2,(H2,19,22)(H2,20,21,23,25). The Hall–Kier alpha value is -2.87. The van der Waals surface area contributed by atoms with Crippen LogP contribution in [0.4, 0.5) is 11.6 Å². The zero-order chi connectivity index (χ0) is 18.2. The molecule has 1 aliphatic rings. The molecule has 2 aromatic rings. The van der Waals surface area contributed by atoms with E-state index in [0.29, 0.717) is 13.2 Å². The van der Waals surface area contributed by atoms with Crippen molar-refractivity contribution >= 4 is 11.6 Å². The number of hydrogen-bond acceptors (Lipinski definition) is 7. The summed E-state index contributed by atoms with van der Waals surface area (Å²) in [4.78, 5) is 17.3. The number of nitrogens with one attached hydrogen (secondary N) is 2. The van der Waals surface area contributed by atoms with Gasteiger partial charge in [0.2, 0.25) is 0 Å². The monoisotopic (exact) mass is 356 g/mol. The number of aromatic amines is 1. The molecular weight excluding hydrogens is 332 g/mol. The number of nitrogens with zero attached hydrogens (tertiary/aromatic N) is 3. The van der Waals surface area contributed by atoms with Crippen LogP contribution < -0.4 is 21.5 Å². The maximum atomic E-state index is 11.1.